The fraction of sp³-hybridized carbons (Fsp3) is 0.533. The molecule has 2 aromatic rings. The van der Waals surface area contributed by atoms with E-state index in [2.05, 4.69) is 12.2 Å². The molecule has 1 fully saturated rings. The van der Waals surface area contributed by atoms with Crippen molar-refractivity contribution >= 4 is 11.9 Å². The average molecular weight is 528 g/mol. The van der Waals surface area contributed by atoms with Crippen LogP contribution in [0.4, 0.5) is 0 Å². The van der Waals surface area contributed by atoms with E-state index in [1.807, 2.05) is 60.7 Å². The van der Waals surface area contributed by atoms with Crippen LogP contribution in [0.1, 0.15) is 63.5 Å². The Labute approximate surface area is 225 Å². The number of benzene rings is 2. The normalized spacial score (nSPS) is 23.1. The summed E-state index contributed by atoms with van der Waals surface area (Å²) >= 11 is 0. The zero-order valence-corrected chi connectivity index (χ0v) is 22.4. The van der Waals surface area contributed by atoms with Crippen LogP contribution in [-0.2, 0) is 41.8 Å². The number of carbonyl (C=O) groups is 2. The summed E-state index contributed by atoms with van der Waals surface area (Å²) in [6, 6.07) is 18.4. The van der Waals surface area contributed by atoms with Crippen LogP contribution in [0.15, 0.2) is 60.7 Å². The van der Waals surface area contributed by atoms with Gasteiger partial charge in [-0.15, -0.1) is 0 Å². The molecule has 0 bridgehead atoms. The van der Waals surface area contributed by atoms with Crippen molar-refractivity contribution in [2.45, 2.75) is 96.2 Å². The molecule has 0 aliphatic carbocycles. The maximum absolute atomic E-state index is 12.4. The highest BCUT2D eigenvalue weighted by Gasteiger charge is 2.48. The number of amides is 1. The molecule has 1 aliphatic heterocycles. The van der Waals surface area contributed by atoms with Crippen molar-refractivity contribution in [3.8, 4) is 0 Å². The van der Waals surface area contributed by atoms with Gasteiger partial charge in [0.2, 0.25) is 5.91 Å². The first-order valence-electron chi connectivity index (χ1n) is 13.5. The second-order valence-electron chi connectivity index (χ2n) is 9.66. The van der Waals surface area contributed by atoms with Crippen LogP contribution >= 0.6 is 0 Å². The lowest BCUT2D eigenvalue weighted by Crippen LogP contribution is -2.65. The van der Waals surface area contributed by atoms with Gasteiger partial charge in [0.25, 0.3) is 0 Å². The second kappa shape index (κ2) is 16.2. The Bertz CT molecular complexity index is 956. The maximum atomic E-state index is 12.4. The first-order chi connectivity index (χ1) is 18.5. The van der Waals surface area contributed by atoms with E-state index in [0.717, 1.165) is 43.2 Å². The lowest BCUT2D eigenvalue weighted by Gasteiger charge is -2.44. The SMILES string of the molecule is CCCCCCCC(=O)OC[C@H]1OC(O)[C@H](NC(C)=O)[C@@H](OCc2ccccc2)[C@@H]1OCc1ccccc1. The fourth-order valence-electron chi connectivity index (χ4n) is 4.50. The quantitative estimate of drug-likeness (QED) is 0.263. The Morgan fingerprint density at radius 3 is 2.03 bits per heavy atom. The third kappa shape index (κ3) is 9.83. The zero-order valence-electron chi connectivity index (χ0n) is 22.4. The largest absolute Gasteiger partial charge is 0.463 e. The Kier molecular flexibility index (Phi) is 12.7. The van der Waals surface area contributed by atoms with Crippen molar-refractivity contribution in [2.75, 3.05) is 6.61 Å². The smallest absolute Gasteiger partial charge is 0.305 e. The first kappa shape index (κ1) is 29.8. The second-order valence-corrected chi connectivity index (χ2v) is 9.66. The van der Waals surface area contributed by atoms with Gasteiger partial charge in [-0.3, -0.25) is 9.59 Å². The molecule has 8 nitrogen and oxygen atoms in total. The van der Waals surface area contributed by atoms with Gasteiger partial charge in [-0.2, -0.15) is 0 Å². The molecule has 0 saturated carbocycles. The van der Waals surface area contributed by atoms with Crippen LogP contribution in [0, 0.1) is 0 Å². The lowest BCUT2D eigenvalue weighted by molar-refractivity contribution is -0.276. The first-order valence-corrected chi connectivity index (χ1v) is 13.5. The Balaban J connectivity index is 1.73. The summed E-state index contributed by atoms with van der Waals surface area (Å²) in [5.74, 6) is -0.646. The molecule has 208 valence electrons. The summed E-state index contributed by atoms with van der Waals surface area (Å²) in [7, 11) is 0. The van der Waals surface area contributed by atoms with E-state index in [1.165, 1.54) is 6.92 Å². The van der Waals surface area contributed by atoms with Gasteiger partial charge in [0.1, 0.15) is 31.0 Å². The molecule has 0 radical (unpaired) electrons. The summed E-state index contributed by atoms with van der Waals surface area (Å²) in [4.78, 5) is 24.4. The highest BCUT2D eigenvalue weighted by Crippen LogP contribution is 2.27. The minimum absolute atomic E-state index is 0.0949. The molecule has 3 rings (SSSR count). The monoisotopic (exact) mass is 527 g/mol. The molecule has 2 N–H and O–H groups in total. The van der Waals surface area contributed by atoms with Crippen LogP contribution in [-0.4, -0.2) is 54.2 Å². The van der Waals surface area contributed by atoms with Crippen molar-refractivity contribution in [1.82, 2.24) is 5.32 Å². The number of carbonyl (C=O) groups excluding carboxylic acids is 2. The predicted octanol–water partition coefficient (Wildman–Crippen LogP) is 4.28. The van der Waals surface area contributed by atoms with Crippen LogP contribution in [0.3, 0.4) is 0 Å². The Morgan fingerprint density at radius 1 is 0.868 bits per heavy atom. The van der Waals surface area contributed by atoms with Gasteiger partial charge in [0.05, 0.1) is 13.2 Å². The molecule has 0 spiro atoms. The molecule has 1 amide bonds. The Morgan fingerprint density at radius 2 is 1.45 bits per heavy atom. The van der Waals surface area contributed by atoms with Crippen molar-refractivity contribution in [3.63, 3.8) is 0 Å². The molecule has 38 heavy (non-hydrogen) atoms. The minimum Gasteiger partial charge on any atom is -0.463 e. The molecule has 1 heterocycles. The fourth-order valence-corrected chi connectivity index (χ4v) is 4.50. The molecule has 1 unspecified atom stereocenters. The third-order valence-corrected chi connectivity index (χ3v) is 6.50. The number of esters is 1. The highest BCUT2D eigenvalue weighted by atomic mass is 16.7. The van der Waals surface area contributed by atoms with Gasteiger partial charge in [-0.25, -0.2) is 0 Å². The van der Waals surface area contributed by atoms with Crippen LogP contribution < -0.4 is 5.32 Å². The molecule has 8 heteroatoms. The van der Waals surface area contributed by atoms with E-state index >= 15 is 0 Å². The molecule has 1 saturated heterocycles. The standard InChI is InChI=1S/C30H41NO7/c1-3-4-5-6-13-18-26(33)35-21-25-28(36-19-23-14-9-7-10-15-23)29(27(30(34)38-25)31-22(2)32)37-20-24-16-11-8-12-17-24/h7-12,14-17,25,27-30,34H,3-6,13,18-21H2,1-2H3,(H,31,32)/t25-,27-,28-,29-,30?/m1/s1. The summed E-state index contributed by atoms with van der Waals surface area (Å²) in [6.07, 6.45) is 1.84. The third-order valence-electron chi connectivity index (χ3n) is 6.50. The molecule has 2 aromatic carbocycles. The maximum Gasteiger partial charge on any atom is 0.305 e. The van der Waals surface area contributed by atoms with E-state index in [0.29, 0.717) is 6.42 Å². The van der Waals surface area contributed by atoms with Gasteiger partial charge in [-0.05, 0) is 17.5 Å². The Hall–Kier alpha value is -2.78. The summed E-state index contributed by atoms with van der Waals surface area (Å²) in [5, 5.41) is 13.6. The number of hydrogen-bond donors (Lipinski definition) is 2. The summed E-state index contributed by atoms with van der Waals surface area (Å²) < 4.78 is 24.0. The average Bonchev–Trinajstić information content (AvgIpc) is 2.92. The predicted molar refractivity (Wildman–Crippen MR) is 143 cm³/mol. The van der Waals surface area contributed by atoms with E-state index in [4.69, 9.17) is 18.9 Å². The van der Waals surface area contributed by atoms with Crippen molar-refractivity contribution < 1.29 is 33.6 Å². The number of hydrogen-bond acceptors (Lipinski definition) is 7. The number of nitrogens with one attached hydrogen (secondary N) is 1. The van der Waals surface area contributed by atoms with Crippen molar-refractivity contribution in [3.05, 3.63) is 71.8 Å². The molecular formula is C30H41NO7. The van der Waals surface area contributed by atoms with Gasteiger partial charge in [0.15, 0.2) is 6.29 Å². The summed E-state index contributed by atoms with van der Waals surface area (Å²) in [6.45, 7) is 3.92. The van der Waals surface area contributed by atoms with Gasteiger partial charge >= 0.3 is 5.97 Å². The van der Waals surface area contributed by atoms with E-state index in [-0.39, 0.29) is 31.7 Å². The van der Waals surface area contributed by atoms with Crippen LogP contribution in [0.25, 0.3) is 0 Å². The number of unbranched alkanes of at least 4 members (excludes halogenated alkanes) is 4. The van der Waals surface area contributed by atoms with Crippen LogP contribution in [0.5, 0.6) is 0 Å². The van der Waals surface area contributed by atoms with Gasteiger partial charge < -0.3 is 29.4 Å². The number of aliphatic hydroxyl groups excluding tert-OH is 1. The molecule has 1 aliphatic rings. The minimum atomic E-state index is -1.37. The molecule has 5 atom stereocenters. The lowest BCUT2D eigenvalue weighted by atomic mass is 9.96. The van der Waals surface area contributed by atoms with E-state index in [1.54, 1.807) is 0 Å². The summed E-state index contributed by atoms with van der Waals surface area (Å²) in [5.41, 5.74) is 1.88. The topological polar surface area (TPSA) is 103 Å². The van der Waals surface area contributed by atoms with Gasteiger partial charge in [0, 0.05) is 13.3 Å². The zero-order chi connectivity index (χ0) is 27.2. The van der Waals surface area contributed by atoms with Gasteiger partial charge in [-0.1, -0.05) is 93.3 Å². The van der Waals surface area contributed by atoms with Crippen LogP contribution in [0.2, 0.25) is 0 Å². The van der Waals surface area contributed by atoms with E-state index < -0.39 is 30.6 Å². The highest BCUT2D eigenvalue weighted by molar-refractivity contribution is 5.73. The number of ether oxygens (including phenoxy) is 4. The number of rotatable bonds is 15. The number of aliphatic hydroxyl groups is 1. The molecular weight excluding hydrogens is 486 g/mol. The van der Waals surface area contributed by atoms with E-state index in [9.17, 15) is 14.7 Å². The molecule has 0 aromatic heterocycles. The van der Waals surface area contributed by atoms with Crippen molar-refractivity contribution in [1.29, 1.82) is 0 Å². The van der Waals surface area contributed by atoms with Crippen molar-refractivity contribution in [2.24, 2.45) is 0 Å².